The molecule has 0 amide bonds. The first-order valence-corrected chi connectivity index (χ1v) is 6.04. The van der Waals surface area contributed by atoms with Crippen LogP contribution < -0.4 is 10.5 Å². The van der Waals surface area contributed by atoms with E-state index in [0.717, 1.165) is 30.0 Å². The number of nitrogens with two attached hydrogens (primary N) is 1. The van der Waals surface area contributed by atoms with Crippen LogP contribution in [0.4, 0.5) is 5.69 Å². The van der Waals surface area contributed by atoms with E-state index in [4.69, 9.17) is 10.5 Å². The zero-order valence-corrected chi connectivity index (χ0v) is 10.1. The Bertz CT molecular complexity index is 357. The molecule has 0 saturated heterocycles. The SMILES string of the molecule is Cc1cc(OC2CCC(C)CC2)ncc1N. The lowest BCUT2D eigenvalue weighted by Gasteiger charge is -2.26. The Morgan fingerprint density at radius 3 is 2.62 bits per heavy atom. The molecule has 0 bridgehead atoms. The topological polar surface area (TPSA) is 48.1 Å². The maximum Gasteiger partial charge on any atom is 0.213 e. The fourth-order valence-corrected chi connectivity index (χ4v) is 2.12. The second-order valence-corrected chi connectivity index (χ2v) is 4.88. The fourth-order valence-electron chi connectivity index (χ4n) is 2.12. The van der Waals surface area contributed by atoms with Crippen LogP contribution in [0.3, 0.4) is 0 Å². The highest BCUT2D eigenvalue weighted by molar-refractivity contribution is 5.45. The molecule has 0 atom stereocenters. The average molecular weight is 220 g/mol. The first-order valence-electron chi connectivity index (χ1n) is 6.04. The van der Waals surface area contributed by atoms with Gasteiger partial charge in [0.2, 0.25) is 5.88 Å². The zero-order valence-electron chi connectivity index (χ0n) is 10.1. The largest absolute Gasteiger partial charge is 0.474 e. The number of pyridine rings is 1. The lowest BCUT2D eigenvalue weighted by atomic mass is 9.89. The van der Waals surface area contributed by atoms with Crippen molar-refractivity contribution in [2.24, 2.45) is 5.92 Å². The van der Waals surface area contributed by atoms with Crippen molar-refractivity contribution in [3.63, 3.8) is 0 Å². The molecule has 2 rings (SSSR count). The Labute approximate surface area is 97.0 Å². The number of aryl methyl sites for hydroxylation is 1. The molecule has 0 aliphatic heterocycles. The van der Waals surface area contributed by atoms with E-state index in [0.29, 0.717) is 12.0 Å². The van der Waals surface area contributed by atoms with Crippen LogP contribution in [-0.4, -0.2) is 11.1 Å². The number of aromatic nitrogens is 1. The summed E-state index contributed by atoms with van der Waals surface area (Å²) in [7, 11) is 0. The van der Waals surface area contributed by atoms with Crippen LogP contribution >= 0.6 is 0 Å². The molecule has 1 aromatic rings. The van der Waals surface area contributed by atoms with E-state index in [-0.39, 0.29) is 0 Å². The second kappa shape index (κ2) is 4.73. The number of rotatable bonds is 2. The Morgan fingerprint density at radius 2 is 2.00 bits per heavy atom. The van der Waals surface area contributed by atoms with E-state index in [2.05, 4.69) is 11.9 Å². The van der Waals surface area contributed by atoms with Crippen LogP contribution in [0.1, 0.15) is 38.2 Å². The summed E-state index contributed by atoms with van der Waals surface area (Å²) < 4.78 is 5.87. The van der Waals surface area contributed by atoms with Crippen molar-refractivity contribution in [1.29, 1.82) is 0 Å². The predicted octanol–water partition coefficient (Wildman–Crippen LogP) is 2.93. The van der Waals surface area contributed by atoms with Crippen LogP contribution in [0.15, 0.2) is 12.3 Å². The van der Waals surface area contributed by atoms with Gasteiger partial charge in [0.25, 0.3) is 0 Å². The minimum absolute atomic E-state index is 0.340. The fraction of sp³-hybridized carbons (Fsp3) is 0.615. The van der Waals surface area contributed by atoms with Gasteiger partial charge in [-0.25, -0.2) is 4.98 Å². The Balaban J connectivity index is 1.96. The predicted molar refractivity (Wildman–Crippen MR) is 65.4 cm³/mol. The van der Waals surface area contributed by atoms with Gasteiger partial charge >= 0.3 is 0 Å². The molecule has 88 valence electrons. The summed E-state index contributed by atoms with van der Waals surface area (Å²) in [5, 5.41) is 0. The van der Waals surface area contributed by atoms with Crippen LogP contribution in [0.5, 0.6) is 5.88 Å². The Hall–Kier alpha value is -1.25. The highest BCUT2D eigenvalue weighted by Crippen LogP contribution is 2.27. The van der Waals surface area contributed by atoms with Gasteiger partial charge in [0.05, 0.1) is 11.9 Å². The molecule has 0 spiro atoms. The third kappa shape index (κ3) is 2.65. The highest BCUT2D eigenvalue weighted by atomic mass is 16.5. The van der Waals surface area contributed by atoms with Gasteiger partial charge in [0, 0.05) is 6.07 Å². The number of hydrogen-bond acceptors (Lipinski definition) is 3. The maximum absolute atomic E-state index is 5.87. The van der Waals surface area contributed by atoms with Gasteiger partial charge in [-0.3, -0.25) is 0 Å². The van der Waals surface area contributed by atoms with Crippen LogP contribution in [0.2, 0.25) is 0 Å². The van der Waals surface area contributed by atoms with Gasteiger partial charge in [-0.1, -0.05) is 6.92 Å². The van der Waals surface area contributed by atoms with Crippen LogP contribution in [-0.2, 0) is 0 Å². The number of ether oxygens (including phenoxy) is 1. The first kappa shape index (κ1) is 11.2. The van der Waals surface area contributed by atoms with E-state index in [9.17, 15) is 0 Å². The van der Waals surface area contributed by atoms with Gasteiger partial charge in [0.1, 0.15) is 6.10 Å². The number of nitrogen functional groups attached to an aromatic ring is 1. The molecule has 1 aliphatic rings. The van der Waals surface area contributed by atoms with Crippen molar-refractivity contribution < 1.29 is 4.74 Å². The van der Waals surface area contributed by atoms with Gasteiger partial charge in [-0.05, 0) is 44.1 Å². The van der Waals surface area contributed by atoms with Crippen molar-refractivity contribution in [2.45, 2.75) is 45.6 Å². The lowest BCUT2D eigenvalue weighted by Crippen LogP contribution is -2.23. The van der Waals surface area contributed by atoms with E-state index >= 15 is 0 Å². The van der Waals surface area contributed by atoms with Gasteiger partial charge in [0.15, 0.2) is 0 Å². The molecule has 1 heterocycles. The van der Waals surface area contributed by atoms with E-state index < -0.39 is 0 Å². The Kier molecular flexibility index (Phi) is 3.32. The summed E-state index contributed by atoms with van der Waals surface area (Å²) in [5.74, 6) is 1.56. The summed E-state index contributed by atoms with van der Waals surface area (Å²) >= 11 is 0. The van der Waals surface area contributed by atoms with Crippen LogP contribution in [0.25, 0.3) is 0 Å². The molecule has 2 N–H and O–H groups in total. The summed E-state index contributed by atoms with van der Waals surface area (Å²) in [5.41, 5.74) is 7.48. The third-order valence-corrected chi connectivity index (χ3v) is 3.38. The molecular formula is C13H20N2O. The summed E-state index contributed by atoms with van der Waals surface area (Å²) in [6.45, 7) is 4.29. The average Bonchev–Trinajstić information content (AvgIpc) is 2.27. The molecular weight excluding hydrogens is 200 g/mol. The second-order valence-electron chi connectivity index (χ2n) is 4.88. The zero-order chi connectivity index (χ0) is 11.5. The van der Waals surface area contributed by atoms with Gasteiger partial charge in [-0.2, -0.15) is 0 Å². The summed E-state index contributed by atoms with van der Waals surface area (Å²) in [6, 6.07) is 1.92. The Morgan fingerprint density at radius 1 is 1.31 bits per heavy atom. The monoisotopic (exact) mass is 220 g/mol. The quantitative estimate of drug-likeness (QED) is 0.833. The number of nitrogens with zero attached hydrogens (tertiary/aromatic N) is 1. The van der Waals surface area contributed by atoms with Crippen molar-refractivity contribution in [3.8, 4) is 5.88 Å². The van der Waals surface area contributed by atoms with Crippen molar-refractivity contribution in [1.82, 2.24) is 4.98 Å². The van der Waals surface area contributed by atoms with Gasteiger partial charge in [-0.15, -0.1) is 0 Å². The number of hydrogen-bond donors (Lipinski definition) is 1. The van der Waals surface area contributed by atoms with Crippen molar-refractivity contribution in [2.75, 3.05) is 5.73 Å². The minimum Gasteiger partial charge on any atom is -0.474 e. The molecule has 1 fully saturated rings. The van der Waals surface area contributed by atoms with Crippen LogP contribution in [0, 0.1) is 12.8 Å². The summed E-state index contributed by atoms with van der Waals surface area (Å²) in [4.78, 5) is 4.21. The molecule has 0 aromatic carbocycles. The minimum atomic E-state index is 0.340. The lowest BCUT2D eigenvalue weighted by molar-refractivity contribution is 0.130. The van der Waals surface area contributed by atoms with Crippen molar-refractivity contribution in [3.05, 3.63) is 17.8 Å². The molecule has 16 heavy (non-hydrogen) atoms. The summed E-state index contributed by atoms with van der Waals surface area (Å²) in [6.07, 6.45) is 6.83. The molecule has 0 radical (unpaired) electrons. The first-order chi connectivity index (χ1) is 7.65. The molecule has 3 nitrogen and oxygen atoms in total. The normalized spacial score (nSPS) is 25.4. The van der Waals surface area contributed by atoms with Crippen molar-refractivity contribution >= 4 is 5.69 Å². The van der Waals surface area contributed by atoms with Gasteiger partial charge < -0.3 is 10.5 Å². The van der Waals surface area contributed by atoms with E-state index in [1.54, 1.807) is 6.20 Å². The molecule has 1 aromatic heterocycles. The number of anilines is 1. The maximum atomic E-state index is 5.87. The molecule has 3 heteroatoms. The molecule has 1 saturated carbocycles. The highest BCUT2D eigenvalue weighted by Gasteiger charge is 2.19. The molecule has 1 aliphatic carbocycles. The molecule has 0 unspecified atom stereocenters. The van der Waals surface area contributed by atoms with E-state index in [1.165, 1.54) is 12.8 Å². The van der Waals surface area contributed by atoms with E-state index in [1.807, 2.05) is 13.0 Å². The smallest absolute Gasteiger partial charge is 0.213 e. The standard InChI is InChI=1S/C13H20N2O/c1-9-3-5-11(6-4-9)16-13-7-10(2)12(14)8-15-13/h7-9,11H,3-6,14H2,1-2H3. The third-order valence-electron chi connectivity index (χ3n) is 3.38.